The Labute approximate surface area is 177 Å². The van der Waals surface area contributed by atoms with E-state index < -0.39 is 0 Å². The molecule has 0 atom stereocenters. The average molecular weight is 421 g/mol. The van der Waals surface area contributed by atoms with Gasteiger partial charge in [-0.1, -0.05) is 60.2 Å². The van der Waals surface area contributed by atoms with Crippen LogP contribution in [0.15, 0.2) is 29.2 Å². The number of amides is 1. The van der Waals surface area contributed by atoms with Crippen LogP contribution in [0.4, 0.5) is 0 Å². The molecule has 1 aromatic rings. The second-order valence-electron chi connectivity index (χ2n) is 7.08. The third-order valence-corrected chi connectivity index (χ3v) is 5.69. The molecular weight excluding hydrogens is 392 g/mol. The Balaban J connectivity index is 1.71. The van der Waals surface area contributed by atoms with Crippen molar-refractivity contribution in [2.75, 3.05) is 33.8 Å². The number of carbonyl (C=O) groups excluding carboxylic acids is 2. The first-order valence-electron chi connectivity index (χ1n) is 9.49. The molecule has 0 spiro atoms. The smallest absolute Gasteiger partial charge is 0.305 e. The van der Waals surface area contributed by atoms with E-state index in [1.165, 1.54) is 17.3 Å². The van der Waals surface area contributed by atoms with E-state index in [0.717, 1.165) is 31.4 Å². The highest BCUT2D eigenvalue weighted by atomic mass is 32.2. The van der Waals surface area contributed by atoms with E-state index in [4.69, 9.17) is 17.0 Å². The zero-order chi connectivity index (χ0) is 20.5. The number of hydrogen-bond acceptors (Lipinski definition) is 6. The highest BCUT2D eigenvalue weighted by Gasteiger charge is 2.31. The molecule has 0 aliphatic carbocycles. The quantitative estimate of drug-likeness (QED) is 0.248. The number of thiocarbonyl (C=S) groups is 1. The lowest BCUT2D eigenvalue weighted by atomic mass is 10.1. The van der Waals surface area contributed by atoms with Gasteiger partial charge in [-0.05, 0) is 45.5 Å². The first kappa shape index (κ1) is 22.6. The van der Waals surface area contributed by atoms with Crippen molar-refractivity contribution in [1.82, 2.24) is 9.80 Å². The highest BCUT2D eigenvalue weighted by Crippen LogP contribution is 2.32. The van der Waals surface area contributed by atoms with Gasteiger partial charge in [-0.2, -0.15) is 0 Å². The second kappa shape index (κ2) is 11.3. The molecule has 0 saturated carbocycles. The molecule has 1 fully saturated rings. The maximum Gasteiger partial charge on any atom is 0.305 e. The molecule has 0 aromatic heterocycles. The lowest BCUT2D eigenvalue weighted by molar-refractivity contribution is -0.144. The molecule has 1 aliphatic rings. The van der Waals surface area contributed by atoms with E-state index in [0.29, 0.717) is 28.8 Å². The Morgan fingerprint density at radius 3 is 2.61 bits per heavy atom. The Bertz CT molecular complexity index is 730. The highest BCUT2D eigenvalue weighted by molar-refractivity contribution is 8.26. The first-order valence-corrected chi connectivity index (χ1v) is 10.7. The summed E-state index contributed by atoms with van der Waals surface area (Å²) in [5, 5.41) is 0. The number of aryl methyl sites for hydroxylation is 1. The summed E-state index contributed by atoms with van der Waals surface area (Å²) in [5.74, 6) is -0.188. The third kappa shape index (κ3) is 7.37. The number of carbonyl (C=O) groups is 2. The van der Waals surface area contributed by atoms with Crippen LogP contribution in [0.3, 0.4) is 0 Å². The summed E-state index contributed by atoms with van der Waals surface area (Å²) in [7, 11) is 3.88. The van der Waals surface area contributed by atoms with Crippen LogP contribution >= 0.6 is 24.0 Å². The number of ether oxygens (including phenoxy) is 1. The largest absolute Gasteiger partial charge is 0.464 e. The molecule has 152 valence electrons. The fourth-order valence-corrected chi connectivity index (χ4v) is 3.95. The Morgan fingerprint density at radius 1 is 1.21 bits per heavy atom. The minimum Gasteiger partial charge on any atom is -0.464 e. The minimum absolute atomic E-state index is 0.0290. The van der Waals surface area contributed by atoms with Crippen molar-refractivity contribution >= 4 is 46.3 Å². The summed E-state index contributed by atoms with van der Waals surface area (Å²) >= 11 is 6.72. The van der Waals surface area contributed by atoms with Gasteiger partial charge in [-0.3, -0.25) is 14.5 Å². The molecule has 28 heavy (non-hydrogen) atoms. The molecule has 1 heterocycles. The van der Waals surface area contributed by atoms with Crippen molar-refractivity contribution in [2.24, 2.45) is 0 Å². The molecule has 0 radical (unpaired) electrons. The van der Waals surface area contributed by atoms with Gasteiger partial charge in [-0.25, -0.2) is 0 Å². The lowest BCUT2D eigenvalue weighted by Gasteiger charge is -2.14. The van der Waals surface area contributed by atoms with Crippen LogP contribution in [0, 0.1) is 6.92 Å². The number of unbranched alkanes of at least 4 members (excludes halogenated alkanes) is 2. The first-order chi connectivity index (χ1) is 13.4. The minimum atomic E-state index is -0.159. The monoisotopic (exact) mass is 420 g/mol. The molecule has 1 saturated heterocycles. The number of nitrogens with zero attached hydrogens (tertiary/aromatic N) is 2. The van der Waals surface area contributed by atoms with Gasteiger partial charge in [0.1, 0.15) is 10.9 Å². The molecule has 0 unspecified atom stereocenters. The zero-order valence-electron chi connectivity index (χ0n) is 16.8. The van der Waals surface area contributed by atoms with Gasteiger partial charge in [0.25, 0.3) is 5.91 Å². The third-order valence-electron chi connectivity index (χ3n) is 4.31. The number of likely N-dealkylation sites (N-methyl/N-ethyl adjacent to an activating group) is 1. The van der Waals surface area contributed by atoms with Gasteiger partial charge in [0, 0.05) is 19.5 Å². The number of esters is 1. The van der Waals surface area contributed by atoms with Crippen LogP contribution in [0.2, 0.25) is 0 Å². The number of rotatable bonds is 10. The summed E-state index contributed by atoms with van der Waals surface area (Å²) in [6, 6.07) is 8.05. The van der Waals surface area contributed by atoms with Crippen molar-refractivity contribution in [3.63, 3.8) is 0 Å². The van der Waals surface area contributed by atoms with Crippen LogP contribution < -0.4 is 0 Å². The van der Waals surface area contributed by atoms with E-state index in [1.807, 2.05) is 56.3 Å². The van der Waals surface area contributed by atoms with Crippen molar-refractivity contribution < 1.29 is 14.3 Å². The summed E-state index contributed by atoms with van der Waals surface area (Å²) in [4.78, 5) is 28.6. The van der Waals surface area contributed by atoms with Crippen molar-refractivity contribution in [3.8, 4) is 0 Å². The predicted molar refractivity (Wildman–Crippen MR) is 119 cm³/mol. The standard InChI is InChI=1S/C21H28N2O3S2/c1-16-8-10-17(11-9-16)15-18-20(25)23(21(27)28-18)12-6-4-5-7-19(24)26-14-13-22(2)3/h8-11,15H,4-7,12-14H2,1-3H3/b18-15-. The molecule has 7 heteroatoms. The van der Waals surface area contributed by atoms with Gasteiger partial charge >= 0.3 is 5.97 Å². The van der Waals surface area contributed by atoms with Gasteiger partial charge in [-0.15, -0.1) is 0 Å². The fraction of sp³-hybridized carbons (Fsp3) is 0.476. The van der Waals surface area contributed by atoms with E-state index in [-0.39, 0.29) is 11.9 Å². The van der Waals surface area contributed by atoms with E-state index in [9.17, 15) is 9.59 Å². The van der Waals surface area contributed by atoms with Crippen LogP contribution in [0.1, 0.15) is 36.8 Å². The topological polar surface area (TPSA) is 49.9 Å². The lowest BCUT2D eigenvalue weighted by Crippen LogP contribution is -2.29. The molecular formula is C21H28N2O3S2. The summed E-state index contributed by atoms with van der Waals surface area (Å²) < 4.78 is 5.77. The van der Waals surface area contributed by atoms with Crippen LogP contribution in [0.25, 0.3) is 6.08 Å². The molecule has 1 aromatic carbocycles. The predicted octanol–water partition coefficient (Wildman–Crippen LogP) is 3.86. The number of hydrogen-bond donors (Lipinski definition) is 0. The molecule has 1 aliphatic heterocycles. The molecule has 2 rings (SSSR count). The van der Waals surface area contributed by atoms with Crippen LogP contribution in [0.5, 0.6) is 0 Å². The molecule has 1 amide bonds. The summed E-state index contributed by atoms with van der Waals surface area (Å²) in [5.41, 5.74) is 2.19. The SMILES string of the molecule is Cc1ccc(/C=C2\SC(=S)N(CCCCCC(=O)OCCN(C)C)C2=O)cc1. The fourth-order valence-electron chi connectivity index (χ4n) is 2.64. The van der Waals surface area contributed by atoms with Crippen molar-refractivity contribution in [1.29, 1.82) is 0 Å². The number of benzene rings is 1. The molecule has 0 N–H and O–H groups in total. The van der Waals surface area contributed by atoms with Gasteiger partial charge in [0.15, 0.2) is 0 Å². The van der Waals surface area contributed by atoms with E-state index >= 15 is 0 Å². The van der Waals surface area contributed by atoms with Crippen molar-refractivity contribution in [2.45, 2.75) is 32.6 Å². The van der Waals surface area contributed by atoms with Crippen LogP contribution in [-0.4, -0.2) is 59.8 Å². The summed E-state index contributed by atoms with van der Waals surface area (Å²) in [6.45, 7) is 3.78. The Morgan fingerprint density at radius 2 is 1.93 bits per heavy atom. The average Bonchev–Trinajstić information content (AvgIpc) is 2.90. The van der Waals surface area contributed by atoms with Gasteiger partial charge in [0.2, 0.25) is 0 Å². The summed E-state index contributed by atoms with van der Waals surface area (Å²) in [6.07, 6.45) is 4.74. The molecule has 5 nitrogen and oxygen atoms in total. The van der Waals surface area contributed by atoms with Gasteiger partial charge in [0.05, 0.1) is 4.91 Å². The zero-order valence-corrected chi connectivity index (χ0v) is 18.4. The maximum absolute atomic E-state index is 12.6. The molecule has 0 bridgehead atoms. The Hall–Kier alpha value is -1.70. The van der Waals surface area contributed by atoms with E-state index in [1.54, 1.807) is 4.90 Å². The van der Waals surface area contributed by atoms with Crippen LogP contribution in [-0.2, 0) is 14.3 Å². The second-order valence-corrected chi connectivity index (χ2v) is 8.75. The Kier molecular flexibility index (Phi) is 9.15. The maximum atomic E-state index is 12.6. The van der Waals surface area contributed by atoms with E-state index in [2.05, 4.69) is 0 Å². The van der Waals surface area contributed by atoms with Crippen molar-refractivity contribution in [3.05, 3.63) is 40.3 Å². The normalized spacial score (nSPS) is 15.7. The van der Waals surface area contributed by atoms with Gasteiger partial charge < -0.3 is 9.64 Å². The number of thioether (sulfide) groups is 1.